The van der Waals surface area contributed by atoms with Crippen molar-refractivity contribution in [2.75, 3.05) is 19.7 Å². The van der Waals surface area contributed by atoms with Crippen LogP contribution in [0.3, 0.4) is 0 Å². The van der Waals surface area contributed by atoms with Crippen molar-refractivity contribution in [1.29, 1.82) is 0 Å². The predicted octanol–water partition coefficient (Wildman–Crippen LogP) is 1.73. The second-order valence-electron chi connectivity index (χ2n) is 6.73. The molecule has 3 N–H and O–H groups in total. The van der Waals surface area contributed by atoms with Gasteiger partial charge in [-0.15, -0.1) is 11.3 Å². The first-order valence-corrected chi connectivity index (χ1v) is 8.35. The molecule has 3 atom stereocenters. The van der Waals surface area contributed by atoms with Crippen molar-refractivity contribution in [3.8, 4) is 0 Å². The van der Waals surface area contributed by atoms with E-state index in [1.165, 1.54) is 5.69 Å². The molecule has 0 bridgehead atoms. The number of nitrogens with one attached hydrogen (secondary N) is 1. The SMILES string of the molecule is Cc1nc(CCNCC2(N)C3CCOC3C2(C)C)cs1. The number of nitrogens with zero attached hydrogens (tertiary/aromatic N) is 1. The van der Waals surface area contributed by atoms with Gasteiger partial charge >= 0.3 is 0 Å². The monoisotopic (exact) mass is 295 g/mol. The lowest BCUT2D eigenvalue weighted by atomic mass is 9.48. The minimum absolute atomic E-state index is 0.0678. The molecule has 20 heavy (non-hydrogen) atoms. The fraction of sp³-hybridized carbons (Fsp3) is 0.800. The van der Waals surface area contributed by atoms with Crippen LogP contribution >= 0.6 is 11.3 Å². The molecule has 0 spiro atoms. The van der Waals surface area contributed by atoms with E-state index < -0.39 is 0 Å². The number of rotatable bonds is 5. The van der Waals surface area contributed by atoms with Crippen LogP contribution < -0.4 is 11.1 Å². The Morgan fingerprint density at radius 3 is 3.05 bits per heavy atom. The minimum atomic E-state index is -0.133. The summed E-state index contributed by atoms with van der Waals surface area (Å²) in [6.45, 7) is 9.21. The van der Waals surface area contributed by atoms with E-state index in [0.717, 1.165) is 37.5 Å². The van der Waals surface area contributed by atoms with E-state index in [9.17, 15) is 0 Å². The Labute approximate surface area is 125 Å². The maximum absolute atomic E-state index is 6.69. The van der Waals surface area contributed by atoms with Gasteiger partial charge in [0, 0.05) is 48.4 Å². The van der Waals surface area contributed by atoms with Crippen LogP contribution in [0, 0.1) is 18.3 Å². The third-order valence-electron chi connectivity index (χ3n) is 5.31. The second-order valence-corrected chi connectivity index (χ2v) is 7.80. The van der Waals surface area contributed by atoms with Crippen LogP contribution in [0.15, 0.2) is 5.38 Å². The highest BCUT2D eigenvalue weighted by molar-refractivity contribution is 7.09. The molecule has 0 radical (unpaired) electrons. The van der Waals surface area contributed by atoms with Gasteiger partial charge in [0.1, 0.15) is 0 Å². The first-order chi connectivity index (χ1) is 9.45. The zero-order valence-electron chi connectivity index (χ0n) is 12.6. The first kappa shape index (κ1) is 14.4. The molecule has 1 aromatic rings. The number of fused-ring (bicyclic) bond motifs is 1. The number of aryl methyl sites for hydroxylation is 1. The van der Waals surface area contributed by atoms with E-state index in [4.69, 9.17) is 10.5 Å². The number of thiazole rings is 1. The maximum Gasteiger partial charge on any atom is 0.0897 e. The van der Waals surface area contributed by atoms with E-state index >= 15 is 0 Å². The molecule has 0 amide bonds. The Balaban J connectivity index is 1.50. The highest BCUT2D eigenvalue weighted by Gasteiger charge is 2.67. The molecular weight excluding hydrogens is 270 g/mol. The molecule has 4 nitrogen and oxygen atoms in total. The Bertz CT molecular complexity index is 487. The molecule has 2 fully saturated rings. The van der Waals surface area contributed by atoms with Gasteiger partial charge in [-0.3, -0.25) is 0 Å². The molecular formula is C15H25N3OS. The van der Waals surface area contributed by atoms with Crippen molar-refractivity contribution in [2.24, 2.45) is 17.1 Å². The number of nitrogens with two attached hydrogens (primary N) is 1. The molecule has 1 aliphatic heterocycles. The molecule has 0 aromatic carbocycles. The van der Waals surface area contributed by atoms with Gasteiger partial charge in [0.2, 0.25) is 0 Å². The van der Waals surface area contributed by atoms with Crippen molar-refractivity contribution in [2.45, 2.75) is 45.3 Å². The van der Waals surface area contributed by atoms with Gasteiger partial charge in [-0.05, 0) is 13.3 Å². The molecule has 1 aromatic heterocycles. The fourth-order valence-corrected chi connectivity index (χ4v) is 4.52. The predicted molar refractivity (Wildman–Crippen MR) is 82.0 cm³/mol. The van der Waals surface area contributed by atoms with E-state index in [-0.39, 0.29) is 11.0 Å². The Hall–Kier alpha value is -0.490. The summed E-state index contributed by atoms with van der Waals surface area (Å²) >= 11 is 1.72. The second kappa shape index (κ2) is 5.05. The van der Waals surface area contributed by atoms with Crippen molar-refractivity contribution in [3.63, 3.8) is 0 Å². The smallest absolute Gasteiger partial charge is 0.0897 e. The summed E-state index contributed by atoms with van der Waals surface area (Å²) in [6, 6.07) is 0. The van der Waals surface area contributed by atoms with Crippen LogP contribution in [0.25, 0.3) is 0 Å². The number of hydrogen-bond acceptors (Lipinski definition) is 5. The molecule has 2 aliphatic rings. The summed E-state index contributed by atoms with van der Waals surface area (Å²) in [6.07, 6.45) is 2.44. The quantitative estimate of drug-likeness (QED) is 0.812. The summed E-state index contributed by atoms with van der Waals surface area (Å²) < 4.78 is 5.82. The van der Waals surface area contributed by atoms with Crippen molar-refractivity contribution >= 4 is 11.3 Å². The number of hydrogen-bond donors (Lipinski definition) is 2. The normalized spacial score (nSPS) is 34.8. The highest BCUT2D eigenvalue weighted by atomic mass is 32.1. The summed E-state index contributed by atoms with van der Waals surface area (Å²) in [5.41, 5.74) is 7.81. The lowest BCUT2D eigenvalue weighted by Gasteiger charge is -2.62. The molecule has 3 unspecified atom stereocenters. The summed E-state index contributed by atoms with van der Waals surface area (Å²) in [4.78, 5) is 4.49. The zero-order valence-corrected chi connectivity index (χ0v) is 13.4. The van der Waals surface area contributed by atoms with Gasteiger partial charge in [-0.2, -0.15) is 0 Å². The Morgan fingerprint density at radius 2 is 2.35 bits per heavy atom. The Morgan fingerprint density at radius 1 is 1.55 bits per heavy atom. The fourth-order valence-electron chi connectivity index (χ4n) is 3.87. The summed E-state index contributed by atoms with van der Waals surface area (Å²) in [5, 5.41) is 6.82. The average Bonchev–Trinajstić information content (AvgIpc) is 3.02. The number of ether oxygens (including phenoxy) is 1. The van der Waals surface area contributed by atoms with E-state index in [0.29, 0.717) is 12.0 Å². The lowest BCUT2D eigenvalue weighted by molar-refractivity contribution is -0.153. The van der Waals surface area contributed by atoms with Gasteiger partial charge in [-0.1, -0.05) is 13.8 Å². The molecule has 112 valence electrons. The molecule has 2 heterocycles. The third kappa shape index (κ3) is 2.11. The van der Waals surface area contributed by atoms with Gasteiger partial charge in [0.25, 0.3) is 0 Å². The summed E-state index contributed by atoms with van der Waals surface area (Å²) in [7, 11) is 0. The van der Waals surface area contributed by atoms with Crippen LogP contribution in [0.4, 0.5) is 0 Å². The third-order valence-corrected chi connectivity index (χ3v) is 6.13. The van der Waals surface area contributed by atoms with Gasteiger partial charge in [0.15, 0.2) is 0 Å². The average molecular weight is 295 g/mol. The maximum atomic E-state index is 6.69. The van der Waals surface area contributed by atoms with Crippen LogP contribution in [0.2, 0.25) is 0 Å². The van der Waals surface area contributed by atoms with Gasteiger partial charge in [-0.25, -0.2) is 4.98 Å². The molecule has 1 saturated carbocycles. The van der Waals surface area contributed by atoms with Gasteiger partial charge in [0.05, 0.1) is 16.8 Å². The molecule has 1 aliphatic carbocycles. The molecule has 3 rings (SSSR count). The van der Waals surface area contributed by atoms with Crippen LogP contribution in [0.5, 0.6) is 0 Å². The van der Waals surface area contributed by atoms with E-state index in [1.807, 2.05) is 6.92 Å². The van der Waals surface area contributed by atoms with Crippen molar-refractivity contribution in [3.05, 3.63) is 16.1 Å². The number of aromatic nitrogens is 1. The standard InChI is InChI=1S/C15H25N3OS/c1-10-18-11(8-20-10)4-6-17-9-15(16)12-5-7-19-13(12)14(15,2)3/h8,12-13,17H,4-7,9,16H2,1-3H3. The topological polar surface area (TPSA) is 60.2 Å². The van der Waals surface area contributed by atoms with E-state index in [1.54, 1.807) is 11.3 Å². The minimum Gasteiger partial charge on any atom is -0.377 e. The Kier molecular flexibility index (Phi) is 3.65. The summed E-state index contributed by atoms with van der Waals surface area (Å²) in [5.74, 6) is 0.520. The zero-order chi connectivity index (χ0) is 14.4. The van der Waals surface area contributed by atoms with E-state index in [2.05, 4.69) is 29.5 Å². The highest BCUT2D eigenvalue weighted by Crippen LogP contribution is 2.57. The van der Waals surface area contributed by atoms with Crippen molar-refractivity contribution in [1.82, 2.24) is 10.3 Å². The van der Waals surface area contributed by atoms with Crippen LogP contribution in [-0.4, -0.2) is 36.3 Å². The first-order valence-electron chi connectivity index (χ1n) is 7.47. The van der Waals surface area contributed by atoms with Gasteiger partial charge < -0.3 is 15.8 Å². The van der Waals surface area contributed by atoms with Crippen LogP contribution in [0.1, 0.15) is 31.0 Å². The molecule has 5 heteroatoms. The molecule has 1 saturated heterocycles. The largest absolute Gasteiger partial charge is 0.377 e. The van der Waals surface area contributed by atoms with Crippen molar-refractivity contribution < 1.29 is 4.74 Å². The van der Waals surface area contributed by atoms with Crippen LogP contribution in [-0.2, 0) is 11.2 Å². The lowest BCUT2D eigenvalue weighted by Crippen LogP contribution is -2.78.